The maximum Gasteiger partial charge on any atom is 0.265 e. The van der Waals surface area contributed by atoms with Crippen molar-refractivity contribution in [3.05, 3.63) is 322 Å². The molecule has 10 aromatic carbocycles. The maximum atomic E-state index is 14.2. The van der Waals surface area contributed by atoms with E-state index in [1.807, 2.05) is 191 Å². The van der Waals surface area contributed by atoms with E-state index in [1.165, 1.54) is 43.5 Å². The van der Waals surface area contributed by atoms with Gasteiger partial charge in [0.2, 0.25) is 0 Å². The summed E-state index contributed by atoms with van der Waals surface area (Å²) in [5.41, 5.74) is 8.04. The third kappa shape index (κ3) is 12.1. The lowest BCUT2D eigenvalue weighted by Crippen LogP contribution is -2.29. The lowest BCUT2D eigenvalue weighted by atomic mass is 10.0. The first-order valence-corrected chi connectivity index (χ1v) is 31.2. The molecule has 14 rings (SSSR count). The van der Waals surface area contributed by atoms with Crippen LogP contribution in [0, 0.1) is 11.6 Å². The molecule has 1 N–H and O–H groups in total. The summed E-state index contributed by atoms with van der Waals surface area (Å²) in [5.74, 6) is -2.96. The molecule has 0 saturated heterocycles. The number of methoxy groups -OCH3 is 1. The number of imidazole rings is 2. The van der Waals surface area contributed by atoms with E-state index in [0.717, 1.165) is 43.2 Å². The summed E-state index contributed by atoms with van der Waals surface area (Å²) in [6, 6.07) is 69.3. The summed E-state index contributed by atoms with van der Waals surface area (Å²) in [5, 5.41) is 11.7. The minimum Gasteiger partial charge on any atom is -0.505 e. The number of fused-ring (bicyclic) bond motifs is 4. The molecule has 17 heteroatoms. The summed E-state index contributed by atoms with van der Waals surface area (Å²) in [6.45, 7) is 0.672. The highest BCUT2D eigenvalue weighted by molar-refractivity contribution is 14.1. The predicted molar refractivity (Wildman–Crippen MR) is 351 cm³/mol. The number of alkyl halides is 1. The fourth-order valence-corrected chi connectivity index (χ4v) is 11.5. The van der Waals surface area contributed by atoms with Gasteiger partial charge in [0.1, 0.15) is 68.2 Å². The Balaban J connectivity index is 0.000000171. The number of phenols is 1. The lowest BCUT2D eigenvalue weighted by Gasteiger charge is -2.22. The van der Waals surface area contributed by atoms with Gasteiger partial charge in [-0.2, -0.15) is 0 Å². The quantitative estimate of drug-likeness (QED) is 0.0528. The van der Waals surface area contributed by atoms with Crippen LogP contribution in [0.2, 0.25) is 0 Å². The molecule has 0 saturated carbocycles. The van der Waals surface area contributed by atoms with Crippen LogP contribution in [0.15, 0.2) is 243 Å². The third-order valence-corrected chi connectivity index (χ3v) is 15.8. The zero-order valence-corrected chi connectivity index (χ0v) is 51.4. The number of carbonyl (C=O) groups is 4. The second kappa shape index (κ2) is 26.9. The Morgan fingerprint density at radius 2 is 0.692 bits per heavy atom. The van der Waals surface area contributed by atoms with Crippen molar-refractivity contribution >= 4 is 68.3 Å². The minimum absolute atomic E-state index is 0.0440. The van der Waals surface area contributed by atoms with E-state index in [4.69, 9.17) is 19.2 Å². The zero-order chi connectivity index (χ0) is 63.1. The zero-order valence-electron chi connectivity index (χ0n) is 49.2. The Kier molecular flexibility index (Phi) is 17.9. The molecule has 4 amide bonds. The Morgan fingerprint density at radius 3 is 1.05 bits per heavy atom. The van der Waals surface area contributed by atoms with Crippen molar-refractivity contribution in [1.29, 1.82) is 0 Å². The van der Waals surface area contributed by atoms with E-state index in [2.05, 4.69) is 27.6 Å². The number of hydrogen-bond donors (Lipinski definition) is 1. The number of imide groups is 2. The number of ether oxygens (including phenoxy) is 3. The van der Waals surface area contributed by atoms with Crippen molar-refractivity contribution in [2.75, 3.05) is 12.0 Å². The summed E-state index contributed by atoms with van der Waals surface area (Å²) in [7, 11) is 1.48. The molecular formula is C74H57F2IN6O8. The van der Waals surface area contributed by atoms with Crippen molar-refractivity contribution < 1.29 is 47.3 Å². The molecule has 0 unspecified atom stereocenters. The summed E-state index contributed by atoms with van der Waals surface area (Å²) >= 11 is 2.15. The summed E-state index contributed by atoms with van der Waals surface area (Å²) < 4.78 is 50.4. The monoisotopic (exact) mass is 1320 g/mol. The van der Waals surface area contributed by atoms with Crippen LogP contribution in [0.5, 0.6) is 23.0 Å². The van der Waals surface area contributed by atoms with E-state index in [1.54, 1.807) is 29.4 Å². The van der Waals surface area contributed by atoms with E-state index >= 15 is 0 Å². The van der Waals surface area contributed by atoms with Crippen LogP contribution in [0.25, 0.3) is 22.1 Å². The molecule has 2 aromatic heterocycles. The molecule has 0 aliphatic carbocycles. The number of rotatable bonds is 17. The van der Waals surface area contributed by atoms with Gasteiger partial charge in [0.05, 0.1) is 32.9 Å². The average molecular weight is 1320 g/mol. The Morgan fingerprint density at radius 1 is 0.396 bits per heavy atom. The number of carbonyl (C=O) groups excluding carboxylic acids is 4. The van der Waals surface area contributed by atoms with Crippen molar-refractivity contribution in [1.82, 2.24) is 28.9 Å². The largest absolute Gasteiger partial charge is 0.505 e. The fourth-order valence-electron chi connectivity index (χ4n) is 11.5. The van der Waals surface area contributed by atoms with Gasteiger partial charge >= 0.3 is 0 Å². The van der Waals surface area contributed by atoms with Crippen molar-refractivity contribution in [3.8, 4) is 23.0 Å². The number of aromatic hydroxyl groups is 1. The van der Waals surface area contributed by atoms with Crippen molar-refractivity contribution in [3.63, 3.8) is 0 Å². The first-order valence-electron chi connectivity index (χ1n) is 29.1. The molecule has 0 bridgehead atoms. The van der Waals surface area contributed by atoms with Crippen LogP contribution in [0.3, 0.4) is 0 Å². The Labute approximate surface area is 536 Å². The SMILES string of the molecule is CI.COc1c2c(c(OC(c3ccccc3)c3ccccc3)c3ncn(Cc4ccccc4)c13)C(=O)N(Cc1ccc(F)cc1)C2=O.O=C1c2c(c(O)c3c(ncn3Cc3ccccc3)c2OC(c2ccccc2)c2ccccc2)C(=O)N1Cc1ccc(F)cc1. The van der Waals surface area contributed by atoms with Gasteiger partial charge in [0.15, 0.2) is 23.0 Å². The van der Waals surface area contributed by atoms with Crippen LogP contribution in [0.1, 0.15) is 98.1 Å². The number of aromatic nitrogens is 4. The van der Waals surface area contributed by atoms with Crippen LogP contribution in [0.4, 0.5) is 8.78 Å². The highest BCUT2D eigenvalue weighted by Crippen LogP contribution is 2.49. The molecule has 14 nitrogen and oxygen atoms in total. The Hall–Kier alpha value is -10.8. The van der Waals surface area contributed by atoms with Crippen LogP contribution >= 0.6 is 22.6 Å². The smallest absolute Gasteiger partial charge is 0.265 e. The highest BCUT2D eigenvalue weighted by Gasteiger charge is 2.46. The number of phenolic OH excluding ortho intramolecular Hbond substituents is 1. The molecule has 0 atom stereocenters. The van der Waals surface area contributed by atoms with Gasteiger partial charge in [0.25, 0.3) is 23.6 Å². The Bertz CT molecular complexity index is 4520. The van der Waals surface area contributed by atoms with Gasteiger partial charge in [-0.05, 0) is 73.7 Å². The first kappa shape index (κ1) is 60.5. The maximum absolute atomic E-state index is 14.2. The third-order valence-electron chi connectivity index (χ3n) is 15.8. The normalized spacial score (nSPS) is 12.5. The van der Waals surface area contributed by atoms with Crippen LogP contribution in [-0.2, 0) is 26.2 Å². The fraction of sp³-hybridized carbons (Fsp3) is 0.108. The molecule has 12 aromatic rings. The van der Waals surface area contributed by atoms with E-state index in [0.29, 0.717) is 35.2 Å². The van der Waals surface area contributed by atoms with Gasteiger partial charge in [-0.25, -0.2) is 18.7 Å². The van der Waals surface area contributed by atoms with Crippen molar-refractivity contribution in [2.45, 2.75) is 38.4 Å². The second-order valence-electron chi connectivity index (χ2n) is 21.4. The highest BCUT2D eigenvalue weighted by atomic mass is 127. The molecule has 91 heavy (non-hydrogen) atoms. The number of benzene rings is 10. The van der Waals surface area contributed by atoms with Gasteiger partial charge in [0, 0.05) is 13.1 Å². The molecule has 0 fully saturated rings. The number of halogens is 3. The minimum atomic E-state index is -0.665. The number of amides is 4. The van der Waals surface area contributed by atoms with Gasteiger partial charge in [-0.15, -0.1) is 0 Å². The topological polar surface area (TPSA) is 158 Å². The second-order valence-corrected chi connectivity index (χ2v) is 21.4. The molecule has 2 aliphatic heterocycles. The summed E-state index contributed by atoms with van der Waals surface area (Å²) in [6.07, 6.45) is 1.99. The average Bonchev–Trinajstić information content (AvgIpc) is 1.59. The standard InChI is InChI=1S/C37H28FN3O4.C36H26FN3O4.CH3I/c1-44-35-30-29(36(42)41(37(30)43)22-25-17-19-28(38)20-18-25)34(31-32(35)40(23-39-31)21-24-11-5-2-6-12-24)45-33(26-13-7-3-8-14-26)27-15-9-4-10-16-27;37-27-18-16-24(17-19-27)21-40-35(42)28-29(36(40)43)34(44-33(25-12-6-2-7-13-25)26-14-8-3-9-15-26)30-31(32(28)41)39(22-38-30)20-23-10-4-1-5-11-23;1-2/h2-20,23,33H,21-22H2,1H3;1-19,22,33,41H,20-21H2;1H3. The molecule has 2 aliphatic rings. The number of hydrogen-bond acceptors (Lipinski definition) is 10. The van der Waals surface area contributed by atoms with E-state index in [-0.39, 0.29) is 69.4 Å². The first-order chi connectivity index (χ1) is 44.5. The molecule has 4 heterocycles. The summed E-state index contributed by atoms with van der Waals surface area (Å²) in [4.78, 5) is 69.9. The lowest BCUT2D eigenvalue weighted by molar-refractivity contribution is 0.0624. The van der Waals surface area contributed by atoms with E-state index in [9.17, 15) is 33.1 Å². The molecular weight excluding hydrogens is 1270 g/mol. The van der Waals surface area contributed by atoms with E-state index < -0.39 is 47.5 Å². The molecule has 452 valence electrons. The van der Waals surface area contributed by atoms with Gasteiger partial charge in [-0.3, -0.25) is 29.0 Å². The van der Waals surface area contributed by atoms with Gasteiger partial charge in [-0.1, -0.05) is 229 Å². The van der Waals surface area contributed by atoms with Crippen LogP contribution < -0.4 is 14.2 Å². The van der Waals surface area contributed by atoms with Crippen LogP contribution in [-0.4, -0.2) is 69.7 Å². The van der Waals surface area contributed by atoms with Crippen molar-refractivity contribution in [2.24, 2.45) is 0 Å². The predicted octanol–water partition coefficient (Wildman–Crippen LogP) is 15.1. The molecule has 0 spiro atoms. The molecule has 0 radical (unpaired) electrons. The van der Waals surface area contributed by atoms with Gasteiger partial charge < -0.3 is 28.5 Å². The number of nitrogens with zero attached hydrogens (tertiary/aromatic N) is 6.